The van der Waals surface area contributed by atoms with Crippen molar-refractivity contribution in [3.05, 3.63) is 29.8 Å². The summed E-state index contributed by atoms with van der Waals surface area (Å²) in [4.78, 5) is 16.8. The van der Waals surface area contributed by atoms with E-state index in [9.17, 15) is 4.79 Å². The zero-order valence-corrected chi connectivity index (χ0v) is 12.3. The van der Waals surface area contributed by atoms with Crippen LogP contribution in [0.2, 0.25) is 0 Å². The average molecular weight is 273 g/mol. The highest BCUT2D eigenvalue weighted by Crippen LogP contribution is 2.27. The first-order valence-electron chi connectivity index (χ1n) is 7.44. The van der Waals surface area contributed by atoms with Crippen LogP contribution in [0.4, 0.5) is 5.69 Å². The Morgan fingerprint density at radius 2 is 1.85 bits per heavy atom. The first-order chi connectivity index (χ1) is 9.63. The molecule has 1 amide bonds. The summed E-state index contributed by atoms with van der Waals surface area (Å²) < 4.78 is 0. The number of hydrogen-bond acceptors (Lipinski definition) is 3. The molecule has 4 heteroatoms. The Labute approximate surface area is 120 Å². The number of nitrogens with one attached hydrogen (secondary N) is 1. The fraction of sp³-hybridized carbons (Fsp3) is 0.562. The Hall–Kier alpha value is -1.55. The minimum absolute atomic E-state index is 0.0639. The molecule has 0 saturated carbocycles. The minimum Gasteiger partial charge on any atom is -0.378 e. The molecular formula is C16H23N3O. The van der Waals surface area contributed by atoms with E-state index in [0.29, 0.717) is 12.0 Å². The van der Waals surface area contributed by atoms with E-state index in [2.05, 4.69) is 10.2 Å². The van der Waals surface area contributed by atoms with Crippen molar-refractivity contribution < 1.29 is 4.79 Å². The number of anilines is 1. The lowest BCUT2D eigenvalue weighted by Gasteiger charge is -2.44. The molecule has 0 spiro atoms. The van der Waals surface area contributed by atoms with Crippen molar-refractivity contribution >= 4 is 11.6 Å². The van der Waals surface area contributed by atoms with Crippen LogP contribution in [0.25, 0.3) is 0 Å². The van der Waals surface area contributed by atoms with Gasteiger partial charge in [-0.3, -0.25) is 4.79 Å². The molecule has 3 fully saturated rings. The Morgan fingerprint density at radius 1 is 1.20 bits per heavy atom. The third-order valence-electron chi connectivity index (χ3n) is 4.62. The largest absolute Gasteiger partial charge is 0.378 e. The Bertz CT molecular complexity index is 475. The number of rotatable bonds is 3. The van der Waals surface area contributed by atoms with Gasteiger partial charge in [0, 0.05) is 37.9 Å². The minimum atomic E-state index is 0.0639. The highest BCUT2D eigenvalue weighted by molar-refractivity contribution is 5.94. The normalized spacial score (nSPS) is 28.2. The number of carbonyl (C=O) groups excluding carboxylic acids is 1. The number of hydrogen-bond donors (Lipinski definition) is 1. The van der Waals surface area contributed by atoms with Gasteiger partial charge in [0.1, 0.15) is 0 Å². The second-order valence-corrected chi connectivity index (χ2v) is 6.16. The van der Waals surface area contributed by atoms with E-state index in [1.807, 2.05) is 43.3 Å². The molecule has 2 bridgehead atoms. The van der Waals surface area contributed by atoms with Crippen LogP contribution in [-0.4, -0.2) is 50.6 Å². The van der Waals surface area contributed by atoms with Crippen molar-refractivity contribution in [2.24, 2.45) is 5.92 Å². The van der Waals surface area contributed by atoms with E-state index in [-0.39, 0.29) is 5.91 Å². The molecule has 1 aromatic rings. The molecule has 4 nitrogen and oxygen atoms in total. The van der Waals surface area contributed by atoms with Crippen molar-refractivity contribution in [3.8, 4) is 0 Å². The summed E-state index contributed by atoms with van der Waals surface area (Å²) in [7, 11) is 4.00. The summed E-state index contributed by atoms with van der Waals surface area (Å²) in [5, 5.41) is 3.22. The van der Waals surface area contributed by atoms with Crippen molar-refractivity contribution in [1.29, 1.82) is 0 Å². The number of amides is 1. The molecule has 3 aliphatic rings. The van der Waals surface area contributed by atoms with E-state index >= 15 is 0 Å². The maximum Gasteiger partial charge on any atom is 0.251 e. The van der Waals surface area contributed by atoms with E-state index in [1.165, 1.54) is 25.9 Å². The van der Waals surface area contributed by atoms with Crippen LogP contribution in [0.5, 0.6) is 0 Å². The van der Waals surface area contributed by atoms with Crippen molar-refractivity contribution in [1.82, 2.24) is 10.2 Å². The van der Waals surface area contributed by atoms with Crippen LogP contribution in [-0.2, 0) is 0 Å². The molecule has 3 aliphatic heterocycles. The lowest BCUT2D eigenvalue weighted by Crippen LogP contribution is -2.57. The second kappa shape index (κ2) is 5.44. The topological polar surface area (TPSA) is 35.6 Å². The van der Waals surface area contributed by atoms with Gasteiger partial charge in [0.25, 0.3) is 5.91 Å². The molecule has 0 aliphatic carbocycles. The maximum absolute atomic E-state index is 12.3. The van der Waals surface area contributed by atoms with Gasteiger partial charge < -0.3 is 15.1 Å². The second-order valence-electron chi connectivity index (χ2n) is 6.16. The Balaban J connectivity index is 1.64. The van der Waals surface area contributed by atoms with E-state index in [0.717, 1.165) is 17.8 Å². The summed E-state index contributed by atoms with van der Waals surface area (Å²) in [6.07, 6.45) is 2.45. The lowest BCUT2D eigenvalue weighted by atomic mass is 9.84. The molecule has 0 unspecified atom stereocenters. The van der Waals surface area contributed by atoms with E-state index in [1.54, 1.807) is 0 Å². The van der Waals surface area contributed by atoms with Crippen LogP contribution in [0, 0.1) is 5.92 Å². The van der Waals surface area contributed by atoms with Gasteiger partial charge in [-0.15, -0.1) is 0 Å². The SMILES string of the molecule is CN(C)c1ccc(C(=O)N[C@@H]2CN3CCC2CC3)cc1. The summed E-state index contributed by atoms with van der Waals surface area (Å²) >= 11 is 0. The van der Waals surface area contributed by atoms with Gasteiger partial charge in [-0.1, -0.05) is 0 Å². The van der Waals surface area contributed by atoms with Gasteiger partial charge >= 0.3 is 0 Å². The number of piperidine rings is 3. The third-order valence-corrected chi connectivity index (χ3v) is 4.62. The number of fused-ring (bicyclic) bond motifs is 3. The number of benzene rings is 1. The Kier molecular flexibility index (Phi) is 3.66. The molecule has 4 rings (SSSR count). The van der Waals surface area contributed by atoms with Crippen LogP contribution in [0.1, 0.15) is 23.2 Å². The molecule has 1 atom stereocenters. The van der Waals surface area contributed by atoms with Crippen molar-refractivity contribution in [3.63, 3.8) is 0 Å². The van der Waals surface area contributed by atoms with Crippen LogP contribution < -0.4 is 10.2 Å². The smallest absolute Gasteiger partial charge is 0.251 e. The number of carbonyl (C=O) groups is 1. The molecule has 1 aromatic carbocycles. The lowest BCUT2D eigenvalue weighted by molar-refractivity contribution is 0.0620. The quantitative estimate of drug-likeness (QED) is 0.908. The fourth-order valence-electron chi connectivity index (χ4n) is 3.29. The molecule has 20 heavy (non-hydrogen) atoms. The molecule has 108 valence electrons. The van der Waals surface area contributed by atoms with E-state index in [4.69, 9.17) is 0 Å². The standard InChI is InChI=1S/C16H23N3O/c1-18(2)14-5-3-13(4-6-14)16(20)17-15-11-19-9-7-12(15)8-10-19/h3-6,12,15H,7-11H2,1-2H3,(H,17,20)/t15-/m1/s1. The zero-order valence-electron chi connectivity index (χ0n) is 12.3. The Morgan fingerprint density at radius 3 is 2.35 bits per heavy atom. The molecular weight excluding hydrogens is 250 g/mol. The predicted octanol–water partition coefficient (Wildman–Crippen LogP) is 1.58. The molecule has 3 saturated heterocycles. The predicted molar refractivity (Wildman–Crippen MR) is 81.2 cm³/mol. The van der Waals surface area contributed by atoms with Crippen molar-refractivity contribution in [2.45, 2.75) is 18.9 Å². The highest BCUT2D eigenvalue weighted by Gasteiger charge is 2.34. The summed E-state index contributed by atoms with van der Waals surface area (Å²) in [6, 6.07) is 8.13. The fourth-order valence-corrected chi connectivity index (χ4v) is 3.29. The van der Waals surface area contributed by atoms with Crippen LogP contribution in [0.3, 0.4) is 0 Å². The van der Waals surface area contributed by atoms with E-state index < -0.39 is 0 Å². The molecule has 3 heterocycles. The monoisotopic (exact) mass is 273 g/mol. The van der Waals surface area contributed by atoms with Crippen molar-refractivity contribution in [2.75, 3.05) is 38.6 Å². The first kappa shape index (κ1) is 13.4. The van der Waals surface area contributed by atoms with Gasteiger partial charge in [-0.2, -0.15) is 0 Å². The first-order valence-corrected chi connectivity index (χ1v) is 7.44. The third kappa shape index (κ3) is 2.66. The summed E-state index contributed by atoms with van der Waals surface area (Å²) in [5.74, 6) is 0.735. The maximum atomic E-state index is 12.3. The summed E-state index contributed by atoms with van der Waals surface area (Å²) in [5.41, 5.74) is 1.87. The molecule has 1 N–H and O–H groups in total. The van der Waals surface area contributed by atoms with Gasteiger partial charge in [-0.05, 0) is 56.1 Å². The number of nitrogens with zero attached hydrogens (tertiary/aromatic N) is 2. The molecule has 0 aromatic heterocycles. The summed E-state index contributed by atoms with van der Waals surface area (Å²) in [6.45, 7) is 3.43. The average Bonchev–Trinajstić information content (AvgIpc) is 2.48. The van der Waals surface area contributed by atoms with Crippen LogP contribution >= 0.6 is 0 Å². The van der Waals surface area contributed by atoms with Gasteiger partial charge in [0.05, 0.1) is 0 Å². The van der Waals surface area contributed by atoms with Crippen LogP contribution in [0.15, 0.2) is 24.3 Å². The van der Waals surface area contributed by atoms with Gasteiger partial charge in [0.15, 0.2) is 0 Å². The van der Waals surface area contributed by atoms with Gasteiger partial charge in [-0.25, -0.2) is 0 Å². The van der Waals surface area contributed by atoms with Gasteiger partial charge in [0.2, 0.25) is 0 Å². The highest BCUT2D eigenvalue weighted by atomic mass is 16.1. The zero-order chi connectivity index (χ0) is 14.1. The molecule has 0 radical (unpaired) electrons.